The molecule has 2 heterocycles. The molecule has 1 aromatic carbocycles. The van der Waals surface area contributed by atoms with Gasteiger partial charge in [0.05, 0.1) is 10.0 Å². The van der Waals surface area contributed by atoms with Crippen LogP contribution in [0.5, 0.6) is 0 Å². The van der Waals surface area contributed by atoms with Crippen molar-refractivity contribution < 1.29 is 19.4 Å². The Labute approximate surface area is 173 Å². The predicted octanol–water partition coefficient (Wildman–Crippen LogP) is 1.63. The highest BCUT2D eigenvalue weighted by Crippen LogP contribution is 2.29. The van der Waals surface area contributed by atoms with Gasteiger partial charge in [0, 0.05) is 24.6 Å². The van der Waals surface area contributed by atoms with Crippen molar-refractivity contribution in [2.45, 2.75) is 13.5 Å². The molecule has 2 aromatic heterocycles. The van der Waals surface area contributed by atoms with Gasteiger partial charge in [0.25, 0.3) is 5.91 Å². The Hall–Kier alpha value is -4.62. The van der Waals surface area contributed by atoms with E-state index in [4.69, 9.17) is 0 Å². The maximum Gasteiger partial charge on any atom is 0.468 e. The molecule has 31 heavy (non-hydrogen) atoms. The zero-order valence-corrected chi connectivity index (χ0v) is 16.3. The minimum Gasteiger partial charge on any atom is -0.358 e. The number of benzene rings is 1. The number of aryl methyl sites for hydroxylation is 1. The van der Waals surface area contributed by atoms with Crippen LogP contribution in [0.4, 0.5) is 22.9 Å². The molecule has 14 heteroatoms. The first kappa shape index (κ1) is 21.1. The highest BCUT2D eigenvalue weighted by Gasteiger charge is 2.35. The summed E-state index contributed by atoms with van der Waals surface area (Å²) in [5, 5.41) is 34.8. The zero-order chi connectivity index (χ0) is 22.7. The number of nitrogens with one attached hydrogen (secondary N) is 2. The third kappa shape index (κ3) is 4.69. The van der Waals surface area contributed by atoms with E-state index >= 15 is 0 Å². The molecule has 0 saturated carbocycles. The maximum atomic E-state index is 12.3. The van der Waals surface area contributed by atoms with Crippen molar-refractivity contribution in [2.24, 2.45) is 7.05 Å². The van der Waals surface area contributed by atoms with Gasteiger partial charge in [-0.1, -0.05) is 6.07 Å². The number of amides is 2. The van der Waals surface area contributed by atoms with Gasteiger partial charge in [-0.05, 0) is 36.1 Å². The standard InChI is InChI=1S/C17H16N8O6/c1-10-15(24(28)29)16(25(30)31)21-23(10)9-14(26)18-11-4-3-5-12(8-11)19-17(27)13-6-7-22(2)20-13/h3-8H,9H2,1-2H3,(H,18,26)(H,19,27). The van der Waals surface area contributed by atoms with Gasteiger partial charge in [-0.25, -0.2) is 0 Å². The Bertz CT molecular complexity index is 1200. The molecule has 0 aliphatic heterocycles. The summed E-state index contributed by atoms with van der Waals surface area (Å²) >= 11 is 0. The van der Waals surface area contributed by atoms with E-state index in [0.29, 0.717) is 11.4 Å². The second-order valence-corrected chi connectivity index (χ2v) is 6.39. The van der Waals surface area contributed by atoms with Crippen LogP contribution in [0.15, 0.2) is 36.5 Å². The van der Waals surface area contributed by atoms with E-state index in [1.165, 1.54) is 17.7 Å². The molecule has 0 bridgehead atoms. The van der Waals surface area contributed by atoms with Crippen LogP contribution in [-0.2, 0) is 18.4 Å². The quantitative estimate of drug-likeness (QED) is 0.420. The van der Waals surface area contributed by atoms with Crippen molar-refractivity contribution in [3.05, 3.63) is 68.1 Å². The molecule has 0 aliphatic rings. The highest BCUT2D eigenvalue weighted by atomic mass is 16.6. The van der Waals surface area contributed by atoms with E-state index in [9.17, 15) is 29.8 Å². The summed E-state index contributed by atoms with van der Waals surface area (Å²) in [7, 11) is 1.68. The van der Waals surface area contributed by atoms with Gasteiger partial charge in [-0.2, -0.15) is 9.78 Å². The van der Waals surface area contributed by atoms with Crippen LogP contribution < -0.4 is 10.6 Å². The monoisotopic (exact) mass is 428 g/mol. The molecule has 3 aromatic rings. The molecule has 160 valence electrons. The average molecular weight is 428 g/mol. The van der Waals surface area contributed by atoms with Gasteiger partial charge in [0.2, 0.25) is 5.91 Å². The second kappa shape index (κ2) is 8.40. The maximum absolute atomic E-state index is 12.3. The lowest BCUT2D eigenvalue weighted by molar-refractivity contribution is -0.424. The summed E-state index contributed by atoms with van der Waals surface area (Å²) in [5.74, 6) is -1.99. The Morgan fingerprint density at radius 2 is 1.74 bits per heavy atom. The summed E-state index contributed by atoms with van der Waals surface area (Å²) in [4.78, 5) is 44.7. The summed E-state index contributed by atoms with van der Waals surface area (Å²) in [5.41, 5.74) is 0.0576. The summed E-state index contributed by atoms with van der Waals surface area (Å²) in [6.07, 6.45) is 1.62. The number of rotatable bonds is 7. The van der Waals surface area contributed by atoms with Gasteiger partial charge in [-0.3, -0.25) is 24.4 Å². The summed E-state index contributed by atoms with van der Waals surface area (Å²) in [6.45, 7) is 0.782. The van der Waals surface area contributed by atoms with Crippen LogP contribution in [0.2, 0.25) is 0 Å². The minimum absolute atomic E-state index is 0.122. The molecule has 2 N–H and O–H groups in total. The third-order valence-corrected chi connectivity index (χ3v) is 4.16. The van der Waals surface area contributed by atoms with Crippen molar-refractivity contribution >= 4 is 34.7 Å². The van der Waals surface area contributed by atoms with Crippen LogP contribution in [0.25, 0.3) is 0 Å². The second-order valence-electron chi connectivity index (χ2n) is 6.39. The predicted molar refractivity (Wildman–Crippen MR) is 107 cm³/mol. The molecule has 0 spiro atoms. The molecule has 0 saturated heterocycles. The number of carbonyl (C=O) groups is 2. The topological polar surface area (TPSA) is 180 Å². The number of carbonyl (C=O) groups excluding carboxylic acids is 2. The largest absolute Gasteiger partial charge is 0.468 e. The summed E-state index contributed by atoms with van der Waals surface area (Å²) in [6, 6.07) is 7.82. The van der Waals surface area contributed by atoms with Crippen LogP contribution in [0, 0.1) is 27.2 Å². The van der Waals surface area contributed by atoms with Gasteiger partial charge in [-0.15, -0.1) is 0 Å². The fourth-order valence-corrected chi connectivity index (χ4v) is 2.75. The molecule has 0 aliphatic carbocycles. The number of hydrogen-bond donors (Lipinski definition) is 2. The Morgan fingerprint density at radius 1 is 1.06 bits per heavy atom. The first-order valence-corrected chi connectivity index (χ1v) is 8.73. The molecule has 0 radical (unpaired) electrons. The van der Waals surface area contributed by atoms with Crippen LogP contribution >= 0.6 is 0 Å². The third-order valence-electron chi connectivity index (χ3n) is 4.16. The molecule has 2 amide bonds. The zero-order valence-electron chi connectivity index (χ0n) is 16.3. The smallest absolute Gasteiger partial charge is 0.358 e. The van der Waals surface area contributed by atoms with Crippen molar-refractivity contribution in [1.82, 2.24) is 19.6 Å². The highest BCUT2D eigenvalue weighted by molar-refractivity contribution is 6.03. The fraction of sp³-hybridized carbons (Fsp3) is 0.176. The Morgan fingerprint density at radius 3 is 2.29 bits per heavy atom. The van der Waals surface area contributed by atoms with E-state index in [1.54, 1.807) is 37.5 Å². The van der Waals surface area contributed by atoms with E-state index in [1.807, 2.05) is 0 Å². The van der Waals surface area contributed by atoms with Crippen LogP contribution in [0.1, 0.15) is 16.2 Å². The van der Waals surface area contributed by atoms with E-state index in [2.05, 4.69) is 20.8 Å². The van der Waals surface area contributed by atoms with Gasteiger partial charge >= 0.3 is 11.5 Å². The lowest BCUT2D eigenvalue weighted by Gasteiger charge is -2.08. The van der Waals surface area contributed by atoms with Crippen molar-refractivity contribution in [1.29, 1.82) is 0 Å². The summed E-state index contributed by atoms with van der Waals surface area (Å²) < 4.78 is 2.37. The van der Waals surface area contributed by atoms with E-state index in [0.717, 1.165) is 4.68 Å². The number of anilines is 2. The molecule has 3 rings (SSSR count). The van der Waals surface area contributed by atoms with Crippen molar-refractivity contribution in [2.75, 3.05) is 10.6 Å². The van der Waals surface area contributed by atoms with E-state index < -0.39 is 39.7 Å². The molecular formula is C17H16N8O6. The average Bonchev–Trinajstić information content (AvgIpc) is 3.26. The number of hydrogen-bond acceptors (Lipinski definition) is 8. The minimum atomic E-state index is -0.979. The Kier molecular flexibility index (Phi) is 5.72. The normalized spacial score (nSPS) is 10.5. The lowest BCUT2D eigenvalue weighted by Crippen LogP contribution is -2.20. The van der Waals surface area contributed by atoms with Gasteiger partial charge in [0.15, 0.2) is 5.69 Å². The van der Waals surface area contributed by atoms with Gasteiger partial charge < -0.3 is 20.7 Å². The number of aromatic nitrogens is 4. The van der Waals surface area contributed by atoms with E-state index in [-0.39, 0.29) is 11.4 Å². The molecular weight excluding hydrogens is 412 g/mol. The first-order chi connectivity index (χ1) is 14.7. The molecule has 0 fully saturated rings. The SMILES string of the molecule is Cc1c([N+](=O)[O-])c([N+](=O)[O-])nn1CC(=O)Nc1cccc(NC(=O)c2ccn(C)n2)c1. The number of nitrogens with zero attached hydrogens (tertiary/aromatic N) is 6. The lowest BCUT2D eigenvalue weighted by atomic mass is 10.2. The fourth-order valence-electron chi connectivity index (χ4n) is 2.75. The first-order valence-electron chi connectivity index (χ1n) is 8.73. The molecule has 0 unspecified atom stereocenters. The van der Waals surface area contributed by atoms with Crippen LogP contribution in [0.3, 0.4) is 0 Å². The Balaban J connectivity index is 1.71. The number of nitro groups is 2. The molecule has 0 atom stereocenters. The van der Waals surface area contributed by atoms with Crippen molar-refractivity contribution in [3.63, 3.8) is 0 Å². The van der Waals surface area contributed by atoms with Crippen molar-refractivity contribution in [3.8, 4) is 0 Å². The molecule has 14 nitrogen and oxygen atoms in total. The van der Waals surface area contributed by atoms with Crippen LogP contribution in [-0.4, -0.2) is 41.2 Å². The van der Waals surface area contributed by atoms with Gasteiger partial charge in [0.1, 0.15) is 12.2 Å².